The standard InChI is InChI=1S/3C4H9O.O.V/c3*1-4(2)3-5;;/h3*4H,3H2,1-2H3;;/q3*-1;;+3. The molecule has 0 aromatic heterocycles. The van der Waals surface area contributed by atoms with Gasteiger partial charge in [0.15, 0.2) is 0 Å². The van der Waals surface area contributed by atoms with Gasteiger partial charge in [-0.1, -0.05) is 0 Å². The first-order valence-electron chi connectivity index (χ1n) is 6.29. The molecule has 0 unspecified atom stereocenters. The van der Waals surface area contributed by atoms with Crippen molar-refractivity contribution < 1.29 is 29.7 Å². The van der Waals surface area contributed by atoms with E-state index >= 15 is 0 Å². The Morgan fingerprint density at radius 2 is 0.941 bits per heavy atom. The summed E-state index contributed by atoms with van der Waals surface area (Å²) in [5.41, 5.74) is 0. The van der Waals surface area contributed by atoms with Crippen molar-refractivity contribution in [3.8, 4) is 0 Å². The first-order chi connectivity index (χ1) is 7.75. The Balaban J connectivity index is 4.29. The Kier molecular flexibility index (Phi) is 8.51. The summed E-state index contributed by atoms with van der Waals surface area (Å²) in [7, 11) is 0. The topological polar surface area (TPSA) is 44.8 Å². The molecule has 0 bridgehead atoms. The molecule has 0 radical (unpaired) electrons. The summed E-state index contributed by atoms with van der Waals surface area (Å²) in [5.74, 6) is 0.945. The molecule has 0 heterocycles. The molecule has 0 spiro atoms. The molecule has 0 saturated heterocycles. The van der Waals surface area contributed by atoms with Crippen LogP contribution in [0.2, 0.25) is 0 Å². The van der Waals surface area contributed by atoms with Gasteiger partial charge in [-0.25, -0.2) is 0 Å². The molecular weight excluding hydrogens is 259 g/mol. The van der Waals surface area contributed by atoms with E-state index in [9.17, 15) is 3.67 Å². The fourth-order valence-corrected chi connectivity index (χ4v) is 3.43. The summed E-state index contributed by atoms with van der Waals surface area (Å²) in [6.07, 6.45) is 0. The van der Waals surface area contributed by atoms with Crippen LogP contribution in [0.3, 0.4) is 0 Å². The van der Waals surface area contributed by atoms with E-state index in [1.807, 2.05) is 41.5 Å². The van der Waals surface area contributed by atoms with Crippen LogP contribution < -0.4 is 0 Å². The second-order valence-electron chi connectivity index (χ2n) is 5.52. The molecule has 0 aliphatic heterocycles. The van der Waals surface area contributed by atoms with E-state index in [2.05, 4.69) is 0 Å². The van der Waals surface area contributed by atoms with Gasteiger partial charge in [-0.2, -0.15) is 0 Å². The molecule has 0 aliphatic carbocycles. The van der Waals surface area contributed by atoms with Crippen LogP contribution in [0, 0.1) is 17.8 Å². The zero-order valence-corrected chi connectivity index (χ0v) is 13.3. The van der Waals surface area contributed by atoms with E-state index in [1.165, 1.54) is 0 Å². The van der Waals surface area contributed by atoms with Gasteiger partial charge in [-0.05, 0) is 0 Å². The van der Waals surface area contributed by atoms with E-state index in [0.29, 0.717) is 37.6 Å². The summed E-state index contributed by atoms with van der Waals surface area (Å²) in [5, 5.41) is 0. The molecule has 17 heavy (non-hydrogen) atoms. The van der Waals surface area contributed by atoms with Gasteiger partial charge in [-0.3, -0.25) is 0 Å². The number of hydrogen-bond acceptors (Lipinski definition) is 4. The van der Waals surface area contributed by atoms with Gasteiger partial charge in [0.2, 0.25) is 0 Å². The van der Waals surface area contributed by atoms with E-state index in [-0.39, 0.29) is 0 Å². The summed E-state index contributed by atoms with van der Waals surface area (Å²) in [6, 6.07) is 0. The molecule has 0 atom stereocenters. The van der Waals surface area contributed by atoms with Crippen LogP contribution in [0.25, 0.3) is 0 Å². The molecular formula is C12H27O4V. The molecule has 0 N–H and O–H groups in total. The average molecular weight is 286 g/mol. The minimum atomic E-state index is -4.05. The predicted octanol–water partition coefficient (Wildman–Crippen LogP) is 3.25. The maximum absolute atomic E-state index is 12.3. The second kappa shape index (κ2) is 8.38. The van der Waals surface area contributed by atoms with Crippen molar-refractivity contribution >= 4 is 0 Å². The molecule has 0 saturated carbocycles. The van der Waals surface area contributed by atoms with Crippen LogP contribution in [0.5, 0.6) is 0 Å². The summed E-state index contributed by atoms with van der Waals surface area (Å²) in [6.45, 7) is 13.3. The molecule has 4 nitrogen and oxygen atoms in total. The fraction of sp³-hybridized carbons (Fsp3) is 1.00. The first-order valence-corrected chi connectivity index (χ1v) is 8.57. The minimum absolute atomic E-state index is 0.315. The van der Waals surface area contributed by atoms with Gasteiger partial charge in [0.25, 0.3) is 0 Å². The van der Waals surface area contributed by atoms with E-state index in [4.69, 9.17) is 11.0 Å². The van der Waals surface area contributed by atoms with Gasteiger partial charge in [0.05, 0.1) is 0 Å². The Morgan fingerprint density at radius 3 is 1.12 bits per heavy atom. The normalized spacial score (nSPS) is 13.0. The van der Waals surface area contributed by atoms with Crippen molar-refractivity contribution in [2.45, 2.75) is 41.5 Å². The fourth-order valence-electron chi connectivity index (χ4n) is 0.833. The van der Waals surface area contributed by atoms with Crippen LogP contribution in [0.15, 0.2) is 0 Å². The van der Waals surface area contributed by atoms with Gasteiger partial charge in [0.1, 0.15) is 0 Å². The summed E-state index contributed by atoms with van der Waals surface area (Å²) < 4.78 is 28.4. The van der Waals surface area contributed by atoms with Crippen LogP contribution in [0.1, 0.15) is 41.5 Å². The third kappa shape index (κ3) is 9.92. The Labute approximate surface area is 109 Å². The third-order valence-corrected chi connectivity index (χ3v) is 3.88. The molecule has 5 heteroatoms. The molecule has 0 aromatic rings. The van der Waals surface area contributed by atoms with Gasteiger partial charge >= 0.3 is 109 Å². The Bertz CT molecular complexity index is 201. The Hall–Kier alpha value is 0.264. The zero-order valence-electron chi connectivity index (χ0n) is 11.9. The quantitative estimate of drug-likeness (QED) is 0.652. The van der Waals surface area contributed by atoms with Crippen LogP contribution >= 0.6 is 0 Å². The van der Waals surface area contributed by atoms with Crippen LogP contribution in [0.4, 0.5) is 0 Å². The van der Waals surface area contributed by atoms with Crippen molar-refractivity contribution in [2.24, 2.45) is 17.8 Å². The molecule has 104 valence electrons. The predicted molar refractivity (Wildman–Crippen MR) is 63.1 cm³/mol. The number of rotatable bonds is 9. The first kappa shape index (κ1) is 17.3. The van der Waals surface area contributed by atoms with Crippen LogP contribution in [-0.2, 0) is 29.7 Å². The molecule has 0 fully saturated rings. The average Bonchev–Trinajstić information content (AvgIpc) is 2.21. The summed E-state index contributed by atoms with van der Waals surface area (Å²) in [4.78, 5) is 0. The zero-order chi connectivity index (χ0) is 13.5. The van der Waals surface area contributed by atoms with E-state index in [0.717, 1.165) is 0 Å². The van der Waals surface area contributed by atoms with Gasteiger partial charge < -0.3 is 0 Å². The maximum atomic E-state index is 12.3. The molecule has 0 aromatic carbocycles. The van der Waals surface area contributed by atoms with Crippen molar-refractivity contribution in [3.63, 3.8) is 0 Å². The van der Waals surface area contributed by atoms with E-state index in [1.54, 1.807) is 0 Å². The van der Waals surface area contributed by atoms with E-state index < -0.39 is 15.0 Å². The summed E-state index contributed by atoms with van der Waals surface area (Å²) >= 11 is -4.05. The number of hydrogen-bond donors (Lipinski definition) is 0. The monoisotopic (exact) mass is 286 g/mol. The molecule has 0 rings (SSSR count). The molecule has 0 amide bonds. The van der Waals surface area contributed by atoms with Gasteiger partial charge in [-0.15, -0.1) is 0 Å². The third-order valence-electron chi connectivity index (χ3n) is 1.70. The second-order valence-corrected chi connectivity index (χ2v) is 8.12. The van der Waals surface area contributed by atoms with Crippen molar-refractivity contribution in [3.05, 3.63) is 0 Å². The Morgan fingerprint density at radius 1 is 0.706 bits per heavy atom. The molecule has 0 aliphatic rings. The SMILES string of the molecule is CC(C)C[O][V](=[O])([O]CC(C)C)[O]CC(C)C. The van der Waals surface area contributed by atoms with Crippen molar-refractivity contribution in [2.75, 3.05) is 19.8 Å². The van der Waals surface area contributed by atoms with Crippen molar-refractivity contribution in [1.29, 1.82) is 0 Å². The van der Waals surface area contributed by atoms with Gasteiger partial charge in [0, 0.05) is 0 Å². The van der Waals surface area contributed by atoms with Crippen molar-refractivity contribution in [1.82, 2.24) is 0 Å². The van der Waals surface area contributed by atoms with Crippen LogP contribution in [-0.4, -0.2) is 19.8 Å².